The lowest BCUT2D eigenvalue weighted by molar-refractivity contribution is 0.684. The van der Waals surface area contributed by atoms with Crippen LogP contribution >= 0.6 is 0 Å². The maximum Gasteiger partial charge on any atom is 0.105 e. The topological polar surface area (TPSA) is 43.8 Å². The van der Waals surface area contributed by atoms with Gasteiger partial charge in [0.25, 0.3) is 0 Å². The number of aromatic nitrogens is 2. The van der Waals surface area contributed by atoms with Gasteiger partial charge in [-0.2, -0.15) is 0 Å². The maximum atomic E-state index is 5.43. The van der Waals surface area contributed by atoms with Crippen molar-refractivity contribution in [3.8, 4) is 0 Å². The average Bonchev–Trinajstić information content (AvgIpc) is 2.33. The van der Waals surface area contributed by atoms with Crippen molar-refractivity contribution in [2.45, 2.75) is 26.8 Å². The second-order valence-electron chi connectivity index (χ2n) is 2.62. The molecule has 62 valence electrons. The van der Waals surface area contributed by atoms with E-state index in [1.165, 1.54) is 0 Å². The predicted octanol–water partition coefficient (Wildman–Crippen LogP) is 0.713. The van der Waals surface area contributed by atoms with E-state index in [4.69, 9.17) is 5.73 Å². The summed E-state index contributed by atoms with van der Waals surface area (Å²) in [5.74, 6) is 1.06. The molecule has 1 aromatic heterocycles. The zero-order chi connectivity index (χ0) is 8.27. The number of rotatable bonds is 3. The van der Waals surface area contributed by atoms with Gasteiger partial charge in [-0.25, -0.2) is 4.98 Å². The van der Waals surface area contributed by atoms with Gasteiger partial charge in [-0.15, -0.1) is 0 Å². The summed E-state index contributed by atoms with van der Waals surface area (Å²) in [5, 5.41) is 0. The van der Waals surface area contributed by atoms with E-state index in [9.17, 15) is 0 Å². The van der Waals surface area contributed by atoms with Crippen LogP contribution in [0, 0.1) is 6.92 Å². The maximum absolute atomic E-state index is 5.43. The third kappa shape index (κ3) is 1.80. The van der Waals surface area contributed by atoms with Crippen molar-refractivity contribution < 1.29 is 0 Å². The van der Waals surface area contributed by atoms with E-state index in [1.54, 1.807) is 0 Å². The van der Waals surface area contributed by atoms with Crippen LogP contribution in [0.2, 0.25) is 0 Å². The summed E-state index contributed by atoms with van der Waals surface area (Å²) in [7, 11) is 0. The summed E-state index contributed by atoms with van der Waals surface area (Å²) in [5.41, 5.74) is 6.58. The van der Waals surface area contributed by atoms with Crippen LogP contribution in [0.5, 0.6) is 0 Å². The fourth-order valence-electron chi connectivity index (χ4n) is 1.11. The molecule has 0 aliphatic carbocycles. The van der Waals surface area contributed by atoms with Crippen molar-refractivity contribution in [3.05, 3.63) is 17.7 Å². The standard InChI is InChI=1S/C8H15N3/c1-3-8-6-11(5-4-9)7(2)10-8/h6H,3-5,9H2,1-2H3. The average molecular weight is 153 g/mol. The smallest absolute Gasteiger partial charge is 0.105 e. The first-order valence-electron chi connectivity index (χ1n) is 4.00. The van der Waals surface area contributed by atoms with Gasteiger partial charge in [0, 0.05) is 19.3 Å². The van der Waals surface area contributed by atoms with Crippen molar-refractivity contribution >= 4 is 0 Å². The van der Waals surface area contributed by atoms with Gasteiger partial charge in [0.1, 0.15) is 5.82 Å². The van der Waals surface area contributed by atoms with Crippen LogP contribution < -0.4 is 5.73 Å². The fourth-order valence-corrected chi connectivity index (χ4v) is 1.11. The highest BCUT2D eigenvalue weighted by atomic mass is 15.1. The lowest BCUT2D eigenvalue weighted by atomic mass is 10.4. The van der Waals surface area contributed by atoms with Crippen LogP contribution in [0.25, 0.3) is 0 Å². The molecule has 3 heteroatoms. The third-order valence-electron chi connectivity index (χ3n) is 1.76. The number of imidazole rings is 1. The van der Waals surface area contributed by atoms with Crippen molar-refractivity contribution in [2.75, 3.05) is 6.54 Å². The Balaban J connectivity index is 2.79. The number of hydrogen-bond acceptors (Lipinski definition) is 2. The van der Waals surface area contributed by atoms with E-state index >= 15 is 0 Å². The quantitative estimate of drug-likeness (QED) is 0.695. The zero-order valence-corrected chi connectivity index (χ0v) is 7.17. The summed E-state index contributed by atoms with van der Waals surface area (Å²) in [6.45, 7) is 5.67. The van der Waals surface area contributed by atoms with E-state index in [0.717, 1.165) is 24.5 Å². The molecule has 0 aliphatic heterocycles. The zero-order valence-electron chi connectivity index (χ0n) is 7.17. The minimum atomic E-state index is 0.681. The van der Waals surface area contributed by atoms with E-state index < -0.39 is 0 Å². The molecule has 0 aliphatic rings. The lowest BCUT2D eigenvalue weighted by Gasteiger charge is -1.99. The van der Waals surface area contributed by atoms with Crippen molar-refractivity contribution in [2.24, 2.45) is 5.73 Å². The molecule has 0 fully saturated rings. The molecule has 0 aromatic carbocycles. The van der Waals surface area contributed by atoms with Crippen LogP contribution in [0.4, 0.5) is 0 Å². The molecule has 1 aromatic rings. The molecule has 11 heavy (non-hydrogen) atoms. The minimum Gasteiger partial charge on any atom is -0.334 e. The summed E-state index contributed by atoms with van der Waals surface area (Å²) < 4.78 is 2.10. The minimum absolute atomic E-state index is 0.681. The Morgan fingerprint density at radius 1 is 1.64 bits per heavy atom. The third-order valence-corrected chi connectivity index (χ3v) is 1.76. The summed E-state index contributed by atoms with van der Waals surface area (Å²) in [4.78, 5) is 4.36. The molecule has 3 nitrogen and oxygen atoms in total. The fraction of sp³-hybridized carbons (Fsp3) is 0.625. The monoisotopic (exact) mass is 153 g/mol. The Hall–Kier alpha value is -0.830. The Morgan fingerprint density at radius 2 is 2.36 bits per heavy atom. The summed E-state index contributed by atoms with van der Waals surface area (Å²) in [6.07, 6.45) is 3.07. The highest BCUT2D eigenvalue weighted by Gasteiger charge is 1.99. The Kier molecular flexibility index (Phi) is 2.65. The van der Waals surface area contributed by atoms with Gasteiger partial charge < -0.3 is 10.3 Å². The van der Waals surface area contributed by atoms with Crippen LogP contribution in [-0.4, -0.2) is 16.1 Å². The molecule has 0 bridgehead atoms. The number of nitrogens with zero attached hydrogens (tertiary/aromatic N) is 2. The normalized spacial score (nSPS) is 10.5. The van der Waals surface area contributed by atoms with Crippen molar-refractivity contribution in [3.63, 3.8) is 0 Å². The van der Waals surface area contributed by atoms with E-state index in [-0.39, 0.29) is 0 Å². The molecule has 1 rings (SSSR count). The molecule has 0 spiro atoms. The van der Waals surface area contributed by atoms with Crippen molar-refractivity contribution in [1.82, 2.24) is 9.55 Å². The van der Waals surface area contributed by atoms with Gasteiger partial charge in [-0.05, 0) is 13.3 Å². The molecule has 0 atom stereocenters. The highest BCUT2D eigenvalue weighted by molar-refractivity contribution is 5.02. The van der Waals surface area contributed by atoms with Gasteiger partial charge in [0.2, 0.25) is 0 Å². The number of nitrogens with two attached hydrogens (primary N) is 1. The lowest BCUT2D eigenvalue weighted by Crippen LogP contribution is -2.10. The Bertz CT molecular complexity index is 227. The van der Waals surface area contributed by atoms with Gasteiger partial charge in [0.05, 0.1) is 5.69 Å². The van der Waals surface area contributed by atoms with Crippen LogP contribution in [0.1, 0.15) is 18.4 Å². The molecule has 0 unspecified atom stereocenters. The molecule has 0 saturated carbocycles. The van der Waals surface area contributed by atoms with Gasteiger partial charge >= 0.3 is 0 Å². The van der Waals surface area contributed by atoms with E-state index in [2.05, 4.69) is 22.7 Å². The molecule has 0 radical (unpaired) electrons. The molecule has 1 heterocycles. The van der Waals surface area contributed by atoms with E-state index in [0.29, 0.717) is 6.54 Å². The van der Waals surface area contributed by atoms with E-state index in [1.807, 2.05) is 6.92 Å². The molecular formula is C8H15N3. The van der Waals surface area contributed by atoms with Crippen LogP contribution in [0.3, 0.4) is 0 Å². The second-order valence-corrected chi connectivity index (χ2v) is 2.62. The second kappa shape index (κ2) is 3.53. The summed E-state index contributed by atoms with van der Waals surface area (Å²) >= 11 is 0. The van der Waals surface area contributed by atoms with Gasteiger partial charge in [0.15, 0.2) is 0 Å². The van der Waals surface area contributed by atoms with Gasteiger partial charge in [-0.3, -0.25) is 0 Å². The SMILES string of the molecule is CCc1cn(CCN)c(C)n1. The van der Waals surface area contributed by atoms with Crippen molar-refractivity contribution in [1.29, 1.82) is 0 Å². The van der Waals surface area contributed by atoms with Gasteiger partial charge in [-0.1, -0.05) is 6.92 Å². The predicted molar refractivity (Wildman–Crippen MR) is 45.4 cm³/mol. The molecule has 2 N–H and O–H groups in total. The number of aryl methyl sites for hydroxylation is 2. The van der Waals surface area contributed by atoms with Crippen LogP contribution in [0.15, 0.2) is 6.20 Å². The molecule has 0 amide bonds. The highest BCUT2D eigenvalue weighted by Crippen LogP contribution is 2.01. The summed E-state index contributed by atoms with van der Waals surface area (Å²) in [6, 6.07) is 0. The Labute approximate surface area is 67.2 Å². The first kappa shape index (κ1) is 8.27. The first-order chi connectivity index (χ1) is 5.27. The van der Waals surface area contributed by atoms with Crippen LogP contribution in [-0.2, 0) is 13.0 Å². The molecular weight excluding hydrogens is 138 g/mol. The number of hydrogen-bond donors (Lipinski definition) is 1. The molecule has 0 saturated heterocycles. The first-order valence-corrected chi connectivity index (χ1v) is 4.00. The Morgan fingerprint density at radius 3 is 2.82 bits per heavy atom. The largest absolute Gasteiger partial charge is 0.334 e.